The maximum atomic E-state index is 9.68. The average molecular weight is 207 g/mol. The van der Waals surface area contributed by atoms with Crippen LogP contribution in [0.2, 0.25) is 0 Å². The Bertz CT molecular complexity index is 177. The minimum Gasteiger partial charge on any atom is -0.396 e. The first-order valence-corrected chi connectivity index (χ1v) is 4.49. The monoisotopic (exact) mass is 207 g/mol. The molecular formula is C8H17NO5. The topological polar surface area (TPSA) is 105 Å². The Morgan fingerprint density at radius 2 is 2.00 bits per heavy atom. The third-order valence-electron chi connectivity index (χ3n) is 2.54. The zero-order valence-corrected chi connectivity index (χ0v) is 8.04. The second-order valence-corrected chi connectivity index (χ2v) is 3.38. The van der Waals surface area contributed by atoms with Crippen LogP contribution in [-0.4, -0.2) is 60.2 Å². The van der Waals surface area contributed by atoms with Crippen molar-refractivity contribution in [3.05, 3.63) is 0 Å². The van der Waals surface area contributed by atoms with Crippen LogP contribution in [0.1, 0.15) is 0 Å². The summed E-state index contributed by atoms with van der Waals surface area (Å²) in [5.74, 6) is -0.571. The molecule has 0 aliphatic carbocycles. The fourth-order valence-electron chi connectivity index (χ4n) is 1.62. The van der Waals surface area contributed by atoms with E-state index in [1.807, 2.05) is 0 Å². The Balaban J connectivity index is 2.71. The first kappa shape index (κ1) is 11.8. The molecule has 0 saturated carbocycles. The third-order valence-corrected chi connectivity index (χ3v) is 2.54. The van der Waals surface area contributed by atoms with Crippen LogP contribution in [0.25, 0.3) is 0 Å². The Morgan fingerprint density at radius 1 is 1.36 bits per heavy atom. The zero-order valence-electron chi connectivity index (χ0n) is 8.04. The number of aliphatic hydroxyl groups is 3. The predicted molar refractivity (Wildman–Crippen MR) is 47.3 cm³/mol. The quantitative estimate of drug-likeness (QED) is 0.413. The van der Waals surface area contributed by atoms with Crippen LogP contribution in [0.3, 0.4) is 0 Å². The van der Waals surface area contributed by atoms with E-state index < -0.39 is 30.5 Å². The molecule has 84 valence electrons. The van der Waals surface area contributed by atoms with Gasteiger partial charge in [-0.05, 0) is 0 Å². The lowest BCUT2D eigenvalue weighted by Crippen LogP contribution is -2.60. The van der Waals surface area contributed by atoms with Gasteiger partial charge in [0, 0.05) is 7.11 Å². The first-order valence-electron chi connectivity index (χ1n) is 4.49. The van der Waals surface area contributed by atoms with Gasteiger partial charge in [-0.25, -0.2) is 0 Å². The Hall–Kier alpha value is -0.240. The van der Waals surface area contributed by atoms with Gasteiger partial charge in [-0.3, -0.25) is 0 Å². The summed E-state index contributed by atoms with van der Waals surface area (Å²) in [5, 5.41) is 27.6. The molecular weight excluding hydrogens is 190 g/mol. The zero-order chi connectivity index (χ0) is 10.7. The highest BCUT2D eigenvalue weighted by molar-refractivity contribution is 4.91. The molecule has 1 aliphatic heterocycles. The van der Waals surface area contributed by atoms with Crippen molar-refractivity contribution in [3.8, 4) is 0 Å². The fraction of sp³-hybridized carbons (Fsp3) is 1.00. The molecule has 0 radical (unpaired) electrons. The van der Waals surface area contributed by atoms with Gasteiger partial charge in [0.25, 0.3) is 0 Å². The lowest BCUT2D eigenvalue weighted by molar-refractivity contribution is -0.255. The molecule has 0 aromatic rings. The summed E-state index contributed by atoms with van der Waals surface area (Å²) in [5.41, 5.74) is 5.61. The van der Waals surface area contributed by atoms with E-state index in [-0.39, 0.29) is 13.2 Å². The van der Waals surface area contributed by atoms with Gasteiger partial charge in [0.2, 0.25) is 0 Å². The number of hydrogen-bond acceptors (Lipinski definition) is 6. The van der Waals surface area contributed by atoms with E-state index in [1.54, 1.807) is 0 Å². The van der Waals surface area contributed by atoms with Crippen molar-refractivity contribution in [3.63, 3.8) is 0 Å². The van der Waals surface area contributed by atoms with Gasteiger partial charge in [-0.1, -0.05) is 0 Å². The lowest BCUT2D eigenvalue weighted by Gasteiger charge is -2.41. The maximum Gasteiger partial charge on any atom is 0.165 e. The van der Waals surface area contributed by atoms with E-state index in [9.17, 15) is 5.11 Å². The van der Waals surface area contributed by atoms with E-state index in [4.69, 9.17) is 25.4 Å². The van der Waals surface area contributed by atoms with Crippen LogP contribution in [-0.2, 0) is 9.47 Å². The van der Waals surface area contributed by atoms with Gasteiger partial charge in [0.05, 0.1) is 31.3 Å². The Kier molecular flexibility index (Phi) is 4.24. The summed E-state index contributed by atoms with van der Waals surface area (Å²) in [6, 6.07) is -0.705. The molecule has 1 saturated heterocycles. The van der Waals surface area contributed by atoms with E-state index in [1.165, 1.54) is 7.11 Å². The highest BCUT2D eigenvalue weighted by atomic mass is 16.7. The standard InChI is InChI=1S/C8H17NO5/c1-13-8-4(2-10)7(12)6(9)5(3-11)14-8/h4-8,10-12H,2-3,9H2,1H3. The SMILES string of the molecule is COC1OC(CO)C(N)C(O)C1CO. The highest BCUT2D eigenvalue weighted by Crippen LogP contribution is 2.25. The average Bonchev–Trinajstić information content (AvgIpc) is 2.21. The summed E-state index contributed by atoms with van der Waals surface area (Å²) in [4.78, 5) is 0. The molecule has 1 rings (SSSR count). The summed E-state index contributed by atoms with van der Waals surface area (Å²) < 4.78 is 10.2. The van der Waals surface area contributed by atoms with Crippen molar-refractivity contribution in [2.75, 3.05) is 20.3 Å². The minimum absolute atomic E-state index is 0.272. The molecule has 0 bridgehead atoms. The van der Waals surface area contributed by atoms with Gasteiger partial charge >= 0.3 is 0 Å². The number of hydrogen-bond donors (Lipinski definition) is 4. The van der Waals surface area contributed by atoms with Crippen LogP contribution < -0.4 is 5.73 Å². The Morgan fingerprint density at radius 3 is 2.43 bits per heavy atom. The molecule has 1 aliphatic rings. The smallest absolute Gasteiger partial charge is 0.165 e. The van der Waals surface area contributed by atoms with E-state index >= 15 is 0 Å². The van der Waals surface area contributed by atoms with Crippen molar-refractivity contribution in [1.82, 2.24) is 0 Å². The minimum atomic E-state index is -0.934. The van der Waals surface area contributed by atoms with Crippen molar-refractivity contribution >= 4 is 0 Å². The van der Waals surface area contributed by atoms with Crippen LogP contribution in [0.5, 0.6) is 0 Å². The molecule has 6 heteroatoms. The summed E-state index contributed by atoms with van der Waals surface area (Å²) in [7, 11) is 1.41. The van der Waals surface area contributed by atoms with Gasteiger partial charge in [0.1, 0.15) is 6.10 Å². The number of rotatable bonds is 3. The summed E-state index contributed by atoms with van der Waals surface area (Å²) in [6.45, 7) is -0.554. The van der Waals surface area contributed by atoms with Gasteiger partial charge < -0.3 is 30.5 Å². The second kappa shape index (κ2) is 5.01. The van der Waals surface area contributed by atoms with Crippen molar-refractivity contribution in [2.24, 2.45) is 11.7 Å². The van der Waals surface area contributed by atoms with Gasteiger partial charge in [0.15, 0.2) is 6.29 Å². The van der Waals surface area contributed by atoms with Crippen molar-refractivity contribution < 1.29 is 24.8 Å². The second-order valence-electron chi connectivity index (χ2n) is 3.38. The normalized spacial score (nSPS) is 43.9. The molecule has 0 spiro atoms. The molecule has 14 heavy (non-hydrogen) atoms. The first-order chi connectivity index (χ1) is 6.65. The largest absolute Gasteiger partial charge is 0.396 e. The predicted octanol–water partition coefficient (Wildman–Crippen LogP) is -2.35. The van der Waals surface area contributed by atoms with Crippen LogP contribution in [0, 0.1) is 5.92 Å². The molecule has 5 atom stereocenters. The summed E-state index contributed by atoms with van der Waals surface area (Å²) in [6.07, 6.45) is -2.32. The van der Waals surface area contributed by atoms with Gasteiger partial charge in [-0.2, -0.15) is 0 Å². The third kappa shape index (κ3) is 2.05. The summed E-state index contributed by atoms with van der Waals surface area (Å²) >= 11 is 0. The van der Waals surface area contributed by atoms with Crippen LogP contribution in [0.4, 0.5) is 0 Å². The molecule has 6 nitrogen and oxygen atoms in total. The van der Waals surface area contributed by atoms with Gasteiger partial charge in [-0.15, -0.1) is 0 Å². The molecule has 0 aromatic carbocycles. The van der Waals surface area contributed by atoms with Crippen LogP contribution in [0.15, 0.2) is 0 Å². The van der Waals surface area contributed by atoms with E-state index in [0.29, 0.717) is 0 Å². The van der Waals surface area contributed by atoms with E-state index in [2.05, 4.69) is 0 Å². The van der Waals surface area contributed by atoms with Crippen molar-refractivity contribution in [2.45, 2.75) is 24.5 Å². The van der Waals surface area contributed by atoms with Crippen molar-refractivity contribution in [1.29, 1.82) is 0 Å². The molecule has 5 unspecified atom stereocenters. The number of methoxy groups -OCH3 is 1. The highest BCUT2D eigenvalue weighted by Gasteiger charge is 2.42. The molecule has 1 fully saturated rings. The Labute approximate surface area is 82.2 Å². The molecule has 0 amide bonds. The van der Waals surface area contributed by atoms with E-state index in [0.717, 1.165) is 0 Å². The molecule has 5 N–H and O–H groups in total. The number of nitrogens with two attached hydrogens (primary N) is 1. The van der Waals surface area contributed by atoms with Crippen LogP contribution >= 0.6 is 0 Å². The molecule has 1 heterocycles. The molecule has 0 aromatic heterocycles. The maximum absolute atomic E-state index is 9.68. The fourth-order valence-corrected chi connectivity index (χ4v) is 1.62. The number of ether oxygens (including phenoxy) is 2. The lowest BCUT2D eigenvalue weighted by atomic mass is 9.90. The number of aliphatic hydroxyl groups excluding tert-OH is 3.